The number of halogens is 2. The van der Waals surface area contributed by atoms with E-state index in [1.165, 1.54) is 0 Å². The number of nitrogens with zero attached hydrogens (tertiary/aromatic N) is 2. The third kappa shape index (κ3) is 4.14. The largest absolute Gasteiger partial charge is 0.487 e. The average molecular weight is 372 g/mol. The zero-order valence-corrected chi connectivity index (χ0v) is 14.5. The standard InChI is InChI=1S/C15H15Cl2N3O2S/c16-12-6-11-5-10(9-22-14(11)13(17)7-12)8-18-19-15(23)20-1-3-21-4-2-20/h5-8H,1-4,9H2,(H,19,23)/b18-8+. The zero-order valence-electron chi connectivity index (χ0n) is 12.2. The summed E-state index contributed by atoms with van der Waals surface area (Å²) in [6.07, 6.45) is 3.63. The molecule has 2 aliphatic rings. The molecule has 0 radical (unpaired) electrons. The van der Waals surface area contributed by atoms with Crippen LogP contribution in [0, 0.1) is 0 Å². The number of fused-ring (bicyclic) bond motifs is 1. The summed E-state index contributed by atoms with van der Waals surface area (Å²) < 4.78 is 10.9. The van der Waals surface area contributed by atoms with Gasteiger partial charge in [0.25, 0.3) is 0 Å². The molecule has 23 heavy (non-hydrogen) atoms. The lowest BCUT2D eigenvalue weighted by Gasteiger charge is -2.28. The topological polar surface area (TPSA) is 46.1 Å². The van der Waals surface area contributed by atoms with Crippen LogP contribution < -0.4 is 10.2 Å². The number of benzene rings is 1. The number of nitrogens with one attached hydrogen (secondary N) is 1. The first-order chi connectivity index (χ1) is 11.1. The lowest BCUT2D eigenvalue weighted by molar-refractivity contribution is 0.0677. The Morgan fingerprint density at radius 3 is 2.87 bits per heavy atom. The van der Waals surface area contributed by atoms with E-state index in [1.54, 1.807) is 12.3 Å². The van der Waals surface area contributed by atoms with Crippen molar-refractivity contribution in [2.24, 2.45) is 5.10 Å². The van der Waals surface area contributed by atoms with Gasteiger partial charge in [0, 0.05) is 29.2 Å². The first kappa shape index (κ1) is 16.5. The van der Waals surface area contributed by atoms with E-state index in [4.69, 9.17) is 44.9 Å². The van der Waals surface area contributed by atoms with Gasteiger partial charge in [-0.2, -0.15) is 5.10 Å². The fourth-order valence-corrected chi connectivity index (χ4v) is 3.12. The molecule has 1 aromatic rings. The van der Waals surface area contributed by atoms with E-state index >= 15 is 0 Å². The zero-order chi connectivity index (χ0) is 16.2. The Bertz CT molecular complexity index is 673. The fraction of sp³-hybridized carbons (Fsp3) is 0.333. The third-order valence-electron chi connectivity index (χ3n) is 3.45. The number of hydrogen-bond donors (Lipinski definition) is 1. The van der Waals surface area contributed by atoms with Crippen molar-refractivity contribution in [2.75, 3.05) is 32.9 Å². The minimum Gasteiger partial charge on any atom is -0.487 e. The maximum atomic E-state index is 6.11. The molecule has 2 aliphatic heterocycles. The molecule has 0 aromatic heterocycles. The van der Waals surface area contributed by atoms with Crippen molar-refractivity contribution in [1.82, 2.24) is 10.3 Å². The van der Waals surface area contributed by atoms with Gasteiger partial charge in [-0.3, -0.25) is 5.43 Å². The second-order valence-electron chi connectivity index (χ2n) is 5.09. The highest BCUT2D eigenvalue weighted by Crippen LogP contribution is 2.36. The van der Waals surface area contributed by atoms with E-state index in [0.29, 0.717) is 40.7 Å². The molecule has 0 atom stereocenters. The Balaban J connectivity index is 1.63. The molecule has 2 heterocycles. The minimum atomic E-state index is 0.393. The molecule has 0 spiro atoms. The van der Waals surface area contributed by atoms with Crippen LogP contribution in [0.15, 0.2) is 22.8 Å². The Hall–Kier alpha value is -1.34. The van der Waals surface area contributed by atoms with Gasteiger partial charge in [-0.25, -0.2) is 0 Å². The SMILES string of the molecule is S=C(N/N=C/C1=Cc2cc(Cl)cc(Cl)c2OC1)N1CCOCC1. The number of morpholine rings is 1. The summed E-state index contributed by atoms with van der Waals surface area (Å²) in [5.74, 6) is 0.644. The van der Waals surface area contributed by atoms with E-state index in [2.05, 4.69) is 10.5 Å². The maximum absolute atomic E-state index is 6.11. The van der Waals surface area contributed by atoms with Gasteiger partial charge in [0.15, 0.2) is 5.11 Å². The molecule has 1 fully saturated rings. The van der Waals surface area contributed by atoms with Gasteiger partial charge in [0.2, 0.25) is 0 Å². The highest BCUT2D eigenvalue weighted by atomic mass is 35.5. The molecular formula is C15H15Cl2N3O2S. The molecule has 0 unspecified atom stereocenters. The Labute approximate surface area is 149 Å². The summed E-state index contributed by atoms with van der Waals surface area (Å²) >= 11 is 17.4. The maximum Gasteiger partial charge on any atom is 0.189 e. The van der Waals surface area contributed by atoms with Crippen LogP contribution in [-0.4, -0.2) is 49.1 Å². The molecule has 0 aliphatic carbocycles. The van der Waals surface area contributed by atoms with Crippen LogP contribution >= 0.6 is 35.4 Å². The molecular weight excluding hydrogens is 357 g/mol. The van der Waals surface area contributed by atoms with Crippen LogP contribution in [-0.2, 0) is 4.74 Å². The van der Waals surface area contributed by atoms with E-state index in [1.807, 2.05) is 17.0 Å². The first-order valence-electron chi connectivity index (χ1n) is 7.11. The highest BCUT2D eigenvalue weighted by molar-refractivity contribution is 7.80. The van der Waals surface area contributed by atoms with Crippen molar-refractivity contribution >= 4 is 52.8 Å². The van der Waals surface area contributed by atoms with Crippen LogP contribution in [0.5, 0.6) is 5.75 Å². The first-order valence-corrected chi connectivity index (χ1v) is 8.28. The van der Waals surface area contributed by atoms with Gasteiger partial charge in [0.05, 0.1) is 24.5 Å². The summed E-state index contributed by atoms with van der Waals surface area (Å²) in [6, 6.07) is 3.47. The Morgan fingerprint density at radius 2 is 2.09 bits per heavy atom. The van der Waals surface area contributed by atoms with Crippen molar-refractivity contribution in [1.29, 1.82) is 0 Å². The van der Waals surface area contributed by atoms with Crippen LogP contribution in [0.3, 0.4) is 0 Å². The number of hydrogen-bond acceptors (Lipinski definition) is 4. The van der Waals surface area contributed by atoms with Crippen LogP contribution in [0.1, 0.15) is 5.56 Å². The Kier molecular flexibility index (Phi) is 5.38. The summed E-state index contributed by atoms with van der Waals surface area (Å²) in [6.45, 7) is 3.31. The van der Waals surface area contributed by atoms with Gasteiger partial charge in [0.1, 0.15) is 12.4 Å². The molecule has 5 nitrogen and oxygen atoms in total. The molecule has 1 N–H and O–H groups in total. The summed E-state index contributed by atoms with van der Waals surface area (Å²) in [5, 5.41) is 5.84. The van der Waals surface area contributed by atoms with Gasteiger partial charge in [-0.05, 0) is 30.4 Å². The van der Waals surface area contributed by atoms with Crippen LogP contribution in [0.25, 0.3) is 6.08 Å². The smallest absolute Gasteiger partial charge is 0.189 e. The number of hydrazone groups is 1. The van der Waals surface area contributed by atoms with Crippen molar-refractivity contribution in [3.63, 3.8) is 0 Å². The summed E-state index contributed by atoms with van der Waals surface area (Å²) in [7, 11) is 0. The predicted molar refractivity (Wildman–Crippen MR) is 96.6 cm³/mol. The summed E-state index contributed by atoms with van der Waals surface area (Å²) in [5.41, 5.74) is 4.60. The van der Waals surface area contributed by atoms with Crippen molar-refractivity contribution < 1.29 is 9.47 Å². The Morgan fingerprint density at radius 1 is 1.30 bits per heavy atom. The molecule has 0 bridgehead atoms. The van der Waals surface area contributed by atoms with Gasteiger partial charge in [-0.1, -0.05) is 23.2 Å². The molecule has 0 amide bonds. The van der Waals surface area contributed by atoms with Crippen molar-refractivity contribution in [2.45, 2.75) is 0 Å². The quantitative estimate of drug-likeness (QED) is 0.491. The lowest BCUT2D eigenvalue weighted by Crippen LogP contribution is -2.44. The second-order valence-corrected chi connectivity index (χ2v) is 6.32. The van der Waals surface area contributed by atoms with Gasteiger partial charge < -0.3 is 14.4 Å². The lowest BCUT2D eigenvalue weighted by atomic mass is 10.1. The van der Waals surface area contributed by atoms with Gasteiger partial charge in [-0.15, -0.1) is 0 Å². The molecule has 0 saturated carbocycles. The number of ether oxygens (including phenoxy) is 2. The fourth-order valence-electron chi connectivity index (χ4n) is 2.32. The number of thiocarbonyl (C=S) groups is 1. The van der Waals surface area contributed by atoms with E-state index in [9.17, 15) is 0 Å². The average Bonchev–Trinajstić information content (AvgIpc) is 2.55. The third-order valence-corrected chi connectivity index (χ3v) is 4.30. The molecule has 1 saturated heterocycles. The number of rotatable bonds is 2. The van der Waals surface area contributed by atoms with Crippen molar-refractivity contribution in [3.8, 4) is 5.75 Å². The van der Waals surface area contributed by atoms with Crippen LogP contribution in [0.2, 0.25) is 10.0 Å². The minimum absolute atomic E-state index is 0.393. The van der Waals surface area contributed by atoms with Gasteiger partial charge >= 0.3 is 0 Å². The molecule has 3 rings (SSSR count). The van der Waals surface area contributed by atoms with Crippen molar-refractivity contribution in [3.05, 3.63) is 33.3 Å². The van der Waals surface area contributed by atoms with Crippen LogP contribution in [0.4, 0.5) is 0 Å². The normalized spacial score (nSPS) is 17.5. The summed E-state index contributed by atoms with van der Waals surface area (Å²) in [4.78, 5) is 2.02. The monoisotopic (exact) mass is 371 g/mol. The van der Waals surface area contributed by atoms with E-state index in [0.717, 1.165) is 24.2 Å². The molecule has 122 valence electrons. The highest BCUT2D eigenvalue weighted by Gasteiger charge is 2.15. The van der Waals surface area contributed by atoms with E-state index < -0.39 is 0 Å². The predicted octanol–water partition coefficient (Wildman–Crippen LogP) is 2.96. The molecule has 1 aromatic carbocycles. The molecule has 8 heteroatoms. The van der Waals surface area contributed by atoms with E-state index in [-0.39, 0.29) is 0 Å². The second kappa shape index (κ2) is 7.49.